The third-order valence-corrected chi connectivity index (χ3v) is 2.99. The van der Waals surface area contributed by atoms with E-state index in [-0.39, 0.29) is 11.9 Å². The molecule has 1 aromatic rings. The van der Waals surface area contributed by atoms with Crippen LogP contribution in [0, 0.1) is 0 Å². The summed E-state index contributed by atoms with van der Waals surface area (Å²) >= 11 is 0. The molecule has 0 aliphatic carbocycles. The average molecular weight is 249 g/mol. The normalized spacial score (nSPS) is 19.5. The summed E-state index contributed by atoms with van der Waals surface area (Å²) in [6.07, 6.45) is 4.00. The topological polar surface area (TPSA) is 54.5 Å². The van der Waals surface area contributed by atoms with Crippen molar-refractivity contribution in [3.63, 3.8) is 0 Å². The lowest BCUT2D eigenvalue weighted by molar-refractivity contribution is -0.131. The molecule has 2 rings (SSSR count). The Labute approximate surface area is 107 Å². The van der Waals surface area contributed by atoms with Crippen LogP contribution in [-0.4, -0.2) is 48.6 Å². The molecule has 1 aliphatic heterocycles. The highest BCUT2D eigenvalue weighted by atomic mass is 16.5. The number of hydrogen-bond acceptors (Lipinski definition) is 4. The van der Waals surface area contributed by atoms with Gasteiger partial charge in [-0.05, 0) is 11.6 Å². The molecule has 0 aromatic carbocycles. The van der Waals surface area contributed by atoms with Crippen LogP contribution in [0.2, 0.25) is 0 Å². The summed E-state index contributed by atoms with van der Waals surface area (Å²) in [6.45, 7) is 2.77. The molecule has 0 saturated carbocycles. The van der Waals surface area contributed by atoms with Gasteiger partial charge in [0.05, 0.1) is 13.2 Å². The van der Waals surface area contributed by atoms with Crippen molar-refractivity contribution in [2.45, 2.75) is 19.0 Å². The number of carbonyl (C=O) groups is 1. The van der Waals surface area contributed by atoms with Gasteiger partial charge in [-0.3, -0.25) is 9.78 Å². The Morgan fingerprint density at radius 1 is 1.67 bits per heavy atom. The molecule has 1 N–H and O–H groups in total. The van der Waals surface area contributed by atoms with Gasteiger partial charge in [0.25, 0.3) is 0 Å². The van der Waals surface area contributed by atoms with Gasteiger partial charge in [-0.15, -0.1) is 0 Å². The van der Waals surface area contributed by atoms with Crippen molar-refractivity contribution in [3.05, 3.63) is 30.1 Å². The third-order valence-electron chi connectivity index (χ3n) is 2.99. The van der Waals surface area contributed by atoms with Gasteiger partial charge in [-0.2, -0.15) is 0 Å². The van der Waals surface area contributed by atoms with Crippen LogP contribution in [-0.2, 0) is 16.1 Å². The largest absolute Gasteiger partial charge is 0.378 e. The Bertz CT molecular complexity index is 377. The number of pyridine rings is 1. The molecule has 98 valence electrons. The number of amides is 1. The first-order valence-corrected chi connectivity index (χ1v) is 6.19. The zero-order chi connectivity index (χ0) is 12.8. The van der Waals surface area contributed by atoms with E-state index in [1.54, 1.807) is 17.3 Å². The zero-order valence-electron chi connectivity index (χ0n) is 10.6. The van der Waals surface area contributed by atoms with E-state index in [2.05, 4.69) is 10.3 Å². The summed E-state index contributed by atoms with van der Waals surface area (Å²) in [5, 5.41) is 3.28. The highest BCUT2D eigenvalue weighted by molar-refractivity contribution is 5.76. The highest BCUT2D eigenvalue weighted by Gasteiger charge is 2.19. The van der Waals surface area contributed by atoms with Crippen LogP contribution < -0.4 is 5.32 Å². The monoisotopic (exact) mass is 249 g/mol. The first kappa shape index (κ1) is 13.0. The van der Waals surface area contributed by atoms with Crippen LogP contribution in [0.15, 0.2) is 24.5 Å². The van der Waals surface area contributed by atoms with E-state index in [4.69, 9.17) is 4.74 Å². The fraction of sp³-hybridized carbons (Fsp3) is 0.538. The van der Waals surface area contributed by atoms with Gasteiger partial charge in [0, 0.05) is 45.0 Å². The minimum Gasteiger partial charge on any atom is -0.378 e. The highest BCUT2D eigenvalue weighted by Crippen LogP contribution is 2.05. The summed E-state index contributed by atoms with van der Waals surface area (Å²) in [5.41, 5.74) is 1.04. The zero-order valence-corrected chi connectivity index (χ0v) is 10.6. The number of nitrogens with one attached hydrogen (secondary N) is 1. The Balaban J connectivity index is 1.81. The van der Waals surface area contributed by atoms with Crippen LogP contribution in [0.1, 0.15) is 12.0 Å². The molecule has 0 radical (unpaired) electrons. The van der Waals surface area contributed by atoms with Crippen LogP contribution in [0.3, 0.4) is 0 Å². The summed E-state index contributed by atoms with van der Waals surface area (Å²) in [5.74, 6) is 0.127. The Morgan fingerprint density at radius 3 is 3.22 bits per heavy atom. The van der Waals surface area contributed by atoms with E-state index in [9.17, 15) is 4.79 Å². The quantitative estimate of drug-likeness (QED) is 0.840. The summed E-state index contributed by atoms with van der Waals surface area (Å²) in [7, 11) is 1.82. The second-order valence-electron chi connectivity index (χ2n) is 4.54. The van der Waals surface area contributed by atoms with Gasteiger partial charge >= 0.3 is 0 Å². The van der Waals surface area contributed by atoms with Gasteiger partial charge in [-0.25, -0.2) is 0 Å². The van der Waals surface area contributed by atoms with Crippen molar-refractivity contribution in [1.82, 2.24) is 15.2 Å². The van der Waals surface area contributed by atoms with E-state index in [0.717, 1.165) is 18.7 Å². The maximum absolute atomic E-state index is 12.0. The molecule has 2 heterocycles. The number of aromatic nitrogens is 1. The van der Waals surface area contributed by atoms with Crippen molar-refractivity contribution in [2.24, 2.45) is 0 Å². The molecule has 1 aliphatic rings. The Morgan fingerprint density at radius 2 is 2.56 bits per heavy atom. The molecule has 1 saturated heterocycles. The predicted octanol–water partition coefficient (Wildman–Crippen LogP) is 0.418. The van der Waals surface area contributed by atoms with E-state index < -0.39 is 0 Å². The van der Waals surface area contributed by atoms with Crippen molar-refractivity contribution in [3.8, 4) is 0 Å². The number of ether oxygens (including phenoxy) is 1. The van der Waals surface area contributed by atoms with Crippen LogP contribution >= 0.6 is 0 Å². The van der Waals surface area contributed by atoms with Gasteiger partial charge in [0.1, 0.15) is 0 Å². The fourth-order valence-electron chi connectivity index (χ4n) is 1.97. The number of rotatable bonds is 4. The van der Waals surface area contributed by atoms with E-state index in [1.807, 2.05) is 19.2 Å². The van der Waals surface area contributed by atoms with Gasteiger partial charge < -0.3 is 15.0 Å². The van der Waals surface area contributed by atoms with Crippen molar-refractivity contribution < 1.29 is 9.53 Å². The van der Waals surface area contributed by atoms with E-state index in [1.165, 1.54) is 0 Å². The smallest absolute Gasteiger partial charge is 0.224 e. The van der Waals surface area contributed by atoms with Crippen molar-refractivity contribution in [2.75, 3.05) is 26.8 Å². The molecule has 1 amide bonds. The van der Waals surface area contributed by atoms with Crippen LogP contribution in [0.25, 0.3) is 0 Å². The van der Waals surface area contributed by atoms with Gasteiger partial charge in [-0.1, -0.05) is 6.07 Å². The lowest BCUT2D eigenvalue weighted by Crippen LogP contribution is -2.44. The van der Waals surface area contributed by atoms with Gasteiger partial charge in [0.2, 0.25) is 5.91 Å². The molecule has 5 nitrogen and oxygen atoms in total. The Kier molecular flexibility index (Phi) is 4.66. The second-order valence-corrected chi connectivity index (χ2v) is 4.54. The third kappa shape index (κ3) is 3.78. The number of carbonyl (C=O) groups excluding carboxylic acids is 1. The summed E-state index contributed by atoms with van der Waals surface area (Å²) in [6, 6.07) is 3.99. The molecule has 5 heteroatoms. The number of nitrogens with zero attached hydrogens (tertiary/aromatic N) is 2. The standard InChI is InChI=1S/C13H19N3O2/c1-16(9-11-3-2-4-14-8-11)13(17)7-12-10-18-6-5-15-12/h2-4,8,12,15H,5-7,9-10H2,1H3. The molecule has 1 fully saturated rings. The molecular formula is C13H19N3O2. The maximum atomic E-state index is 12.0. The lowest BCUT2D eigenvalue weighted by Gasteiger charge is -2.25. The van der Waals surface area contributed by atoms with Crippen LogP contribution in [0.4, 0.5) is 0 Å². The first-order valence-electron chi connectivity index (χ1n) is 6.19. The Hall–Kier alpha value is -1.46. The summed E-state index contributed by atoms with van der Waals surface area (Å²) in [4.78, 5) is 17.8. The van der Waals surface area contributed by atoms with Gasteiger partial charge in [0.15, 0.2) is 0 Å². The minimum atomic E-state index is 0.127. The maximum Gasteiger partial charge on any atom is 0.224 e. The van der Waals surface area contributed by atoms with Crippen LogP contribution in [0.5, 0.6) is 0 Å². The molecule has 1 aromatic heterocycles. The first-order chi connectivity index (χ1) is 8.75. The fourth-order valence-corrected chi connectivity index (χ4v) is 1.97. The predicted molar refractivity (Wildman–Crippen MR) is 67.9 cm³/mol. The molecule has 1 unspecified atom stereocenters. The molecule has 0 spiro atoms. The minimum absolute atomic E-state index is 0.127. The number of morpholine rings is 1. The molecule has 1 atom stereocenters. The lowest BCUT2D eigenvalue weighted by atomic mass is 10.1. The van der Waals surface area contributed by atoms with E-state index in [0.29, 0.717) is 19.6 Å². The molecule has 18 heavy (non-hydrogen) atoms. The van der Waals surface area contributed by atoms with Crippen molar-refractivity contribution >= 4 is 5.91 Å². The van der Waals surface area contributed by atoms with E-state index >= 15 is 0 Å². The second kappa shape index (κ2) is 6.47. The average Bonchev–Trinajstić information content (AvgIpc) is 2.41. The molecule has 0 bridgehead atoms. The summed E-state index contributed by atoms with van der Waals surface area (Å²) < 4.78 is 5.34. The SMILES string of the molecule is CN(Cc1cccnc1)C(=O)CC1COCCN1. The van der Waals surface area contributed by atoms with Crippen molar-refractivity contribution in [1.29, 1.82) is 0 Å². The number of hydrogen-bond donors (Lipinski definition) is 1. The molecular weight excluding hydrogens is 230 g/mol.